The highest BCUT2D eigenvalue weighted by atomic mass is 32.2. The molecule has 0 aliphatic heterocycles. The van der Waals surface area contributed by atoms with Gasteiger partial charge in [0, 0.05) is 13.1 Å². The van der Waals surface area contributed by atoms with Gasteiger partial charge in [-0.15, -0.1) is 0 Å². The fourth-order valence-corrected chi connectivity index (χ4v) is 4.07. The number of aryl methyl sites for hydroxylation is 2. The van der Waals surface area contributed by atoms with Gasteiger partial charge in [0.25, 0.3) is 10.0 Å². The minimum absolute atomic E-state index is 0.164. The second-order valence-corrected chi connectivity index (χ2v) is 8.63. The van der Waals surface area contributed by atoms with E-state index in [4.69, 9.17) is 0 Å². The van der Waals surface area contributed by atoms with Crippen LogP contribution in [-0.4, -0.2) is 53.0 Å². The van der Waals surface area contributed by atoms with Gasteiger partial charge < -0.3 is 10.2 Å². The summed E-state index contributed by atoms with van der Waals surface area (Å²) in [5, 5.41) is 2.78. The van der Waals surface area contributed by atoms with Gasteiger partial charge >= 0.3 is 0 Å². The molecular weight excluding hydrogens is 362 g/mol. The number of hydrogen-bond donors (Lipinski definition) is 1. The Morgan fingerprint density at radius 2 is 1.63 bits per heavy atom. The molecule has 0 saturated heterocycles. The maximum Gasteiger partial charge on any atom is 0.264 e. The Bertz CT molecular complexity index is 878. The lowest BCUT2D eigenvalue weighted by atomic mass is 10.2. The van der Waals surface area contributed by atoms with Crippen LogP contribution in [0, 0.1) is 13.8 Å². The fraction of sp³-hybridized carbons (Fsp3) is 0.350. The van der Waals surface area contributed by atoms with Crippen LogP contribution in [0.25, 0.3) is 0 Å². The summed E-state index contributed by atoms with van der Waals surface area (Å²) in [4.78, 5) is 14.5. The Hall–Kier alpha value is -2.38. The minimum Gasteiger partial charge on any atom is -0.353 e. The number of amides is 1. The third kappa shape index (κ3) is 5.55. The summed E-state index contributed by atoms with van der Waals surface area (Å²) in [6.07, 6.45) is 0. The molecule has 0 saturated carbocycles. The molecule has 1 N–H and O–H groups in total. The Kier molecular flexibility index (Phi) is 6.98. The number of rotatable bonds is 8. The molecule has 2 aromatic carbocycles. The molecule has 0 aromatic heterocycles. The number of nitrogens with zero attached hydrogens (tertiary/aromatic N) is 2. The van der Waals surface area contributed by atoms with Crippen molar-refractivity contribution in [3.05, 3.63) is 59.7 Å². The lowest BCUT2D eigenvalue weighted by Crippen LogP contribution is -2.42. The summed E-state index contributed by atoms with van der Waals surface area (Å²) in [5.41, 5.74) is 2.26. The van der Waals surface area contributed by atoms with E-state index in [-0.39, 0.29) is 17.3 Å². The molecule has 0 aliphatic carbocycles. The monoisotopic (exact) mass is 389 g/mol. The molecule has 0 fully saturated rings. The van der Waals surface area contributed by atoms with Gasteiger partial charge in [-0.2, -0.15) is 0 Å². The molecule has 1 amide bonds. The maximum atomic E-state index is 13.3. The number of hydrogen-bond acceptors (Lipinski definition) is 4. The second-order valence-electron chi connectivity index (χ2n) is 6.76. The predicted molar refractivity (Wildman–Crippen MR) is 108 cm³/mol. The lowest BCUT2D eigenvalue weighted by Gasteiger charge is -2.25. The number of carbonyl (C=O) groups excluding carboxylic acids is 1. The quantitative estimate of drug-likeness (QED) is 0.751. The average molecular weight is 390 g/mol. The van der Waals surface area contributed by atoms with E-state index in [9.17, 15) is 13.2 Å². The van der Waals surface area contributed by atoms with E-state index >= 15 is 0 Å². The molecule has 0 spiro atoms. The maximum absolute atomic E-state index is 13.3. The van der Waals surface area contributed by atoms with Crippen molar-refractivity contribution in [1.29, 1.82) is 0 Å². The highest BCUT2D eigenvalue weighted by Crippen LogP contribution is 2.26. The summed E-state index contributed by atoms with van der Waals surface area (Å²) < 4.78 is 27.7. The molecule has 6 nitrogen and oxygen atoms in total. The summed E-state index contributed by atoms with van der Waals surface area (Å²) in [6, 6.07) is 13.8. The van der Waals surface area contributed by atoms with Gasteiger partial charge in [0.1, 0.15) is 6.54 Å². The third-order valence-electron chi connectivity index (χ3n) is 4.16. The van der Waals surface area contributed by atoms with Crippen LogP contribution in [-0.2, 0) is 14.8 Å². The van der Waals surface area contributed by atoms with E-state index in [2.05, 4.69) is 5.32 Å². The van der Waals surface area contributed by atoms with Gasteiger partial charge in [-0.3, -0.25) is 9.10 Å². The van der Waals surface area contributed by atoms with Crippen molar-refractivity contribution in [2.24, 2.45) is 0 Å². The molecule has 0 unspecified atom stereocenters. The zero-order chi connectivity index (χ0) is 20.0. The van der Waals surface area contributed by atoms with Crippen LogP contribution in [0.5, 0.6) is 0 Å². The van der Waals surface area contributed by atoms with Crippen molar-refractivity contribution in [2.75, 3.05) is 38.0 Å². The zero-order valence-corrected chi connectivity index (χ0v) is 17.1. The van der Waals surface area contributed by atoms with Crippen LogP contribution < -0.4 is 9.62 Å². The normalized spacial score (nSPS) is 11.4. The number of likely N-dealkylation sites (N-methyl/N-ethyl adjacent to an activating group) is 1. The first kappa shape index (κ1) is 20.9. The lowest BCUT2D eigenvalue weighted by molar-refractivity contribution is -0.119. The minimum atomic E-state index is -3.87. The van der Waals surface area contributed by atoms with Crippen LogP contribution in [0.2, 0.25) is 0 Å². The van der Waals surface area contributed by atoms with Gasteiger partial charge in [-0.05, 0) is 51.7 Å². The number of para-hydroxylation sites is 1. The molecule has 0 bridgehead atoms. The molecule has 146 valence electrons. The van der Waals surface area contributed by atoms with Gasteiger partial charge in [0.05, 0.1) is 10.6 Å². The van der Waals surface area contributed by atoms with Gasteiger partial charge in [0.15, 0.2) is 0 Å². The Morgan fingerprint density at radius 3 is 2.22 bits per heavy atom. The molecule has 0 aliphatic rings. The number of carbonyl (C=O) groups is 1. The van der Waals surface area contributed by atoms with E-state index in [1.165, 1.54) is 4.31 Å². The summed E-state index contributed by atoms with van der Waals surface area (Å²) in [7, 11) is -0.0470. The Morgan fingerprint density at radius 1 is 1.00 bits per heavy atom. The molecule has 2 rings (SSSR count). The summed E-state index contributed by atoms with van der Waals surface area (Å²) >= 11 is 0. The average Bonchev–Trinajstić information content (AvgIpc) is 2.60. The standard InChI is InChI=1S/C20H27N3O3S/c1-16-9-11-18(12-10-16)27(25,26)23(19-8-6-5-7-17(19)2)15-20(24)21-13-14-22(3)4/h5-12H,13-15H2,1-4H3,(H,21,24). The number of benzene rings is 2. The fourth-order valence-electron chi connectivity index (χ4n) is 2.59. The molecular formula is C20H27N3O3S. The molecule has 0 radical (unpaired) electrons. The molecule has 7 heteroatoms. The van der Waals surface area contributed by atoms with Gasteiger partial charge in [0.2, 0.25) is 5.91 Å². The van der Waals surface area contributed by atoms with Crippen LogP contribution in [0.4, 0.5) is 5.69 Å². The highest BCUT2D eigenvalue weighted by molar-refractivity contribution is 7.92. The Labute approximate surface area is 161 Å². The van der Waals surface area contributed by atoms with Crippen LogP contribution in [0.15, 0.2) is 53.4 Å². The topological polar surface area (TPSA) is 69.7 Å². The van der Waals surface area contributed by atoms with Crippen molar-refractivity contribution in [3.63, 3.8) is 0 Å². The Balaban J connectivity index is 2.34. The van der Waals surface area contributed by atoms with Crippen LogP contribution in [0.3, 0.4) is 0 Å². The van der Waals surface area contributed by atoms with E-state index in [1.807, 2.05) is 45.0 Å². The summed E-state index contributed by atoms with van der Waals surface area (Å²) in [5.74, 6) is -0.337. The van der Waals surface area contributed by atoms with Crippen molar-refractivity contribution < 1.29 is 13.2 Å². The van der Waals surface area contributed by atoms with Crippen molar-refractivity contribution in [3.8, 4) is 0 Å². The molecule has 0 atom stereocenters. The van der Waals surface area contributed by atoms with Crippen LogP contribution >= 0.6 is 0 Å². The first-order valence-electron chi connectivity index (χ1n) is 8.78. The first-order valence-corrected chi connectivity index (χ1v) is 10.2. The molecule has 27 heavy (non-hydrogen) atoms. The number of anilines is 1. The SMILES string of the molecule is Cc1ccc(S(=O)(=O)N(CC(=O)NCCN(C)C)c2ccccc2C)cc1. The summed E-state index contributed by atoms with van der Waals surface area (Å²) in [6.45, 7) is 4.60. The first-order chi connectivity index (χ1) is 12.7. The second kappa shape index (κ2) is 9.01. The molecule has 2 aromatic rings. The smallest absolute Gasteiger partial charge is 0.264 e. The largest absolute Gasteiger partial charge is 0.353 e. The van der Waals surface area contributed by atoms with Gasteiger partial charge in [-0.1, -0.05) is 35.9 Å². The highest BCUT2D eigenvalue weighted by Gasteiger charge is 2.28. The third-order valence-corrected chi connectivity index (χ3v) is 5.94. The number of sulfonamides is 1. The van der Waals surface area contributed by atoms with Crippen molar-refractivity contribution >= 4 is 21.6 Å². The van der Waals surface area contributed by atoms with E-state index < -0.39 is 10.0 Å². The van der Waals surface area contributed by atoms with Crippen molar-refractivity contribution in [1.82, 2.24) is 10.2 Å². The van der Waals surface area contributed by atoms with E-state index in [0.717, 1.165) is 11.1 Å². The van der Waals surface area contributed by atoms with Crippen molar-refractivity contribution in [2.45, 2.75) is 18.7 Å². The zero-order valence-electron chi connectivity index (χ0n) is 16.3. The van der Waals surface area contributed by atoms with E-state index in [1.54, 1.807) is 36.4 Å². The molecule has 0 heterocycles. The predicted octanol–water partition coefficient (Wildman–Crippen LogP) is 2.18. The van der Waals surface area contributed by atoms with Gasteiger partial charge in [-0.25, -0.2) is 8.42 Å². The van der Waals surface area contributed by atoms with E-state index in [0.29, 0.717) is 18.8 Å². The number of nitrogens with one attached hydrogen (secondary N) is 1. The van der Waals surface area contributed by atoms with Crippen LogP contribution in [0.1, 0.15) is 11.1 Å².